The normalized spacial score (nSPS) is 12.4. The average Bonchev–Trinajstić information content (AvgIpc) is 3.19. The minimum atomic E-state index is 0.314. The molecule has 0 aliphatic heterocycles. The van der Waals surface area contributed by atoms with Gasteiger partial charge in [0.2, 0.25) is 0 Å². The molecule has 1 aromatic carbocycles. The summed E-state index contributed by atoms with van der Waals surface area (Å²) in [4.78, 5) is 8.62. The smallest absolute Gasteiger partial charge is 0.115 e. The Labute approximate surface area is 125 Å². The van der Waals surface area contributed by atoms with E-state index in [9.17, 15) is 0 Å². The maximum Gasteiger partial charge on any atom is 0.115 e. The van der Waals surface area contributed by atoms with Crippen LogP contribution < -0.4 is 0 Å². The van der Waals surface area contributed by atoms with Crippen molar-refractivity contribution in [2.45, 2.75) is 32.4 Å². The SMILES string of the molecule is C[C@@H](c1ccccc1)c1nccn1CCCn1ccnc1. The van der Waals surface area contributed by atoms with Crippen LogP contribution in [0.5, 0.6) is 0 Å². The van der Waals surface area contributed by atoms with Crippen molar-refractivity contribution in [3.63, 3.8) is 0 Å². The van der Waals surface area contributed by atoms with E-state index in [-0.39, 0.29) is 0 Å². The van der Waals surface area contributed by atoms with Crippen molar-refractivity contribution >= 4 is 0 Å². The van der Waals surface area contributed by atoms with Gasteiger partial charge in [0.05, 0.1) is 6.33 Å². The summed E-state index contributed by atoms with van der Waals surface area (Å²) in [7, 11) is 0. The molecule has 2 heterocycles. The molecule has 21 heavy (non-hydrogen) atoms. The maximum absolute atomic E-state index is 4.55. The molecule has 0 spiro atoms. The monoisotopic (exact) mass is 280 g/mol. The van der Waals surface area contributed by atoms with Gasteiger partial charge in [-0.1, -0.05) is 37.3 Å². The molecule has 108 valence electrons. The van der Waals surface area contributed by atoms with E-state index in [4.69, 9.17) is 0 Å². The summed E-state index contributed by atoms with van der Waals surface area (Å²) in [6.07, 6.45) is 10.7. The van der Waals surface area contributed by atoms with Gasteiger partial charge in [0.25, 0.3) is 0 Å². The van der Waals surface area contributed by atoms with E-state index in [0.29, 0.717) is 5.92 Å². The van der Waals surface area contributed by atoms with Crippen LogP contribution in [-0.2, 0) is 13.1 Å². The van der Waals surface area contributed by atoms with E-state index in [1.165, 1.54) is 5.56 Å². The highest BCUT2D eigenvalue weighted by Gasteiger charge is 2.13. The molecule has 0 N–H and O–H groups in total. The molecule has 0 saturated carbocycles. The molecule has 1 atom stereocenters. The first kappa shape index (κ1) is 13.6. The number of aromatic nitrogens is 4. The van der Waals surface area contributed by atoms with Crippen molar-refractivity contribution in [3.05, 3.63) is 72.8 Å². The number of nitrogens with zero attached hydrogens (tertiary/aromatic N) is 4. The minimum Gasteiger partial charge on any atom is -0.337 e. The zero-order valence-electron chi connectivity index (χ0n) is 12.3. The molecule has 4 nitrogen and oxygen atoms in total. The van der Waals surface area contributed by atoms with Gasteiger partial charge in [-0.2, -0.15) is 0 Å². The molecule has 0 amide bonds. The summed E-state index contributed by atoms with van der Waals surface area (Å²) in [6, 6.07) is 10.5. The third-order valence-electron chi connectivity index (χ3n) is 3.81. The molecular weight excluding hydrogens is 260 g/mol. The van der Waals surface area contributed by atoms with Crippen molar-refractivity contribution < 1.29 is 0 Å². The fourth-order valence-electron chi connectivity index (χ4n) is 2.62. The number of hydrogen-bond donors (Lipinski definition) is 0. The largest absolute Gasteiger partial charge is 0.337 e. The standard InChI is InChI=1S/C17H20N4/c1-15(16-6-3-2-4-7-16)17-19-9-13-21(17)11-5-10-20-12-8-18-14-20/h2-4,6-9,12-15H,5,10-11H2,1H3/t15-/m0/s1. The van der Waals surface area contributed by atoms with E-state index in [0.717, 1.165) is 25.3 Å². The molecular formula is C17H20N4. The first-order chi connectivity index (χ1) is 10.3. The lowest BCUT2D eigenvalue weighted by Gasteiger charge is -2.14. The zero-order chi connectivity index (χ0) is 14.5. The second-order valence-electron chi connectivity index (χ2n) is 5.27. The Hall–Kier alpha value is -2.36. The molecule has 2 aromatic heterocycles. The second kappa shape index (κ2) is 6.39. The summed E-state index contributed by atoms with van der Waals surface area (Å²) in [6.45, 7) is 4.17. The van der Waals surface area contributed by atoms with Crippen molar-refractivity contribution in [2.75, 3.05) is 0 Å². The van der Waals surface area contributed by atoms with Gasteiger partial charge >= 0.3 is 0 Å². The predicted molar refractivity (Wildman–Crippen MR) is 83.0 cm³/mol. The Morgan fingerprint density at radius 1 is 1.05 bits per heavy atom. The van der Waals surface area contributed by atoms with Gasteiger partial charge in [-0.25, -0.2) is 9.97 Å². The second-order valence-corrected chi connectivity index (χ2v) is 5.27. The van der Waals surface area contributed by atoms with Gasteiger partial charge in [0.15, 0.2) is 0 Å². The zero-order valence-corrected chi connectivity index (χ0v) is 12.3. The number of benzene rings is 1. The Balaban J connectivity index is 1.66. The fraction of sp³-hybridized carbons (Fsp3) is 0.294. The van der Waals surface area contributed by atoms with Crippen LogP contribution in [0, 0.1) is 0 Å². The van der Waals surface area contributed by atoms with Gasteiger partial charge in [-0.05, 0) is 12.0 Å². The molecule has 0 radical (unpaired) electrons. The third kappa shape index (κ3) is 3.21. The number of imidazole rings is 2. The average molecular weight is 280 g/mol. The Morgan fingerprint density at radius 3 is 2.67 bits per heavy atom. The summed E-state index contributed by atoms with van der Waals surface area (Å²) in [5.74, 6) is 1.45. The van der Waals surface area contributed by atoms with E-state index in [1.807, 2.05) is 31.0 Å². The maximum atomic E-state index is 4.55. The minimum absolute atomic E-state index is 0.314. The van der Waals surface area contributed by atoms with Crippen molar-refractivity contribution in [1.29, 1.82) is 0 Å². The summed E-state index contributed by atoms with van der Waals surface area (Å²) < 4.78 is 4.37. The lowest BCUT2D eigenvalue weighted by molar-refractivity contribution is 0.542. The fourth-order valence-corrected chi connectivity index (χ4v) is 2.62. The highest BCUT2D eigenvalue weighted by atomic mass is 15.1. The summed E-state index contributed by atoms with van der Waals surface area (Å²) >= 11 is 0. The molecule has 0 aliphatic rings. The third-order valence-corrected chi connectivity index (χ3v) is 3.81. The number of hydrogen-bond acceptors (Lipinski definition) is 2. The first-order valence-electron chi connectivity index (χ1n) is 7.36. The molecule has 3 aromatic rings. The summed E-state index contributed by atoms with van der Waals surface area (Å²) in [5, 5.41) is 0. The van der Waals surface area contributed by atoms with Crippen LogP contribution in [0.1, 0.15) is 30.7 Å². The van der Waals surface area contributed by atoms with Gasteiger partial charge in [-0.3, -0.25) is 0 Å². The molecule has 0 aliphatic carbocycles. The van der Waals surface area contributed by atoms with Crippen molar-refractivity contribution in [2.24, 2.45) is 0 Å². The predicted octanol–water partition coefficient (Wildman–Crippen LogP) is 3.32. The van der Waals surface area contributed by atoms with Gasteiger partial charge in [-0.15, -0.1) is 0 Å². The van der Waals surface area contributed by atoms with E-state index in [1.54, 1.807) is 0 Å². The van der Waals surface area contributed by atoms with Crippen LogP contribution in [0.4, 0.5) is 0 Å². The molecule has 0 unspecified atom stereocenters. The van der Waals surface area contributed by atoms with Crippen LogP contribution in [-0.4, -0.2) is 19.1 Å². The van der Waals surface area contributed by atoms with Gasteiger partial charge in [0, 0.05) is 43.8 Å². The Bertz CT molecular complexity index is 655. The number of rotatable bonds is 6. The van der Waals surface area contributed by atoms with Crippen molar-refractivity contribution in [3.8, 4) is 0 Å². The van der Waals surface area contributed by atoms with Gasteiger partial charge in [0.1, 0.15) is 5.82 Å². The first-order valence-corrected chi connectivity index (χ1v) is 7.36. The quantitative estimate of drug-likeness (QED) is 0.694. The van der Waals surface area contributed by atoms with E-state index < -0.39 is 0 Å². The van der Waals surface area contributed by atoms with Crippen molar-refractivity contribution in [1.82, 2.24) is 19.1 Å². The summed E-state index contributed by atoms with van der Waals surface area (Å²) in [5.41, 5.74) is 1.31. The van der Waals surface area contributed by atoms with E-state index >= 15 is 0 Å². The molecule has 0 fully saturated rings. The van der Waals surface area contributed by atoms with Crippen LogP contribution >= 0.6 is 0 Å². The van der Waals surface area contributed by atoms with E-state index in [2.05, 4.69) is 56.5 Å². The molecule has 0 saturated heterocycles. The Kier molecular flexibility index (Phi) is 4.15. The topological polar surface area (TPSA) is 35.6 Å². The lowest BCUT2D eigenvalue weighted by atomic mass is 10.0. The lowest BCUT2D eigenvalue weighted by Crippen LogP contribution is -2.09. The van der Waals surface area contributed by atoms with Crippen LogP contribution in [0.15, 0.2) is 61.4 Å². The highest BCUT2D eigenvalue weighted by molar-refractivity contribution is 5.24. The van der Waals surface area contributed by atoms with Crippen LogP contribution in [0.2, 0.25) is 0 Å². The number of aryl methyl sites for hydroxylation is 2. The Morgan fingerprint density at radius 2 is 1.90 bits per heavy atom. The molecule has 0 bridgehead atoms. The molecule has 3 rings (SSSR count). The van der Waals surface area contributed by atoms with Crippen LogP contribution in [0.25, 0.3) is 0 Å². The highest BCUT2D eigenvalue weighted by Crippen LogP contribution is 2.22. The van der Waals surface area contributed by atoms with Gasteiger partial charge < -0.3 is 9.13 Å². The van der Waals surface area contributed by atoms with Crippen LogP contribution in [0.3, 0.4) is 0 Å². The molecule has 4 heteroatoms.